The zero-order chi connectivity index (χ0) is 36.0. The van der Waals surface area contributed by atoms with Crippen LogP contribution in [-0.2, 0) is 0 Å². The smallest absolute Gasteiger partial charge is 0.238 e. The summed E-state index contributed by atoms with van der Waals surface area (Å²) in [4.78, 5) is 15.9. The first-order valence-electron chi connectivity index (χ1n) is 18.6. The number of allylic oxidation sites excluding steroid dienone is 4. The van der Waals surface area contributed by atoms with E-state index in [9.17, 15) is 0 Å². The molecule has 4 nitrogen and oxygen atoms in total. The second-order valence-electron chi connectivity index (χ2n) is 14.1. The van der Waals surface area contributed by atoms with Crippen LogP contribution >= 0.6 is 0 Å². The van der Waals surface area contributed by atoms with E-state index in [2.05, 4.69) is 175 Å². The van der Waals surface area contributed by atoms with Crippen molar-refractivity contribution in [2.45, 2.75) is 13.3 Å². The van der Waals surface area contributed by atoms with E-state index in [-0.39, 0.29) is 0 Å². The highest BCUT2D eigenvalue weighted by Gasteiger charge is 2.23. The van der Waals surface area contributed by atoms with Gasteiger partial charge < -0.3 is 0 Å². The van der Waals surface area contributed by atoms with Gasteiger partial charge in [0.2, 0.25) is 5.95 Å². The van der Waals surface area contributed by atoms with Gasteiger partial charge in [0.15, 0.2) is 11.6 Å². The molecule has 0 amide bonds. The minimum Gasteiger partial charge on any atom is -0.278 e. The van der Waals surface area contributed by atoms with Gasteiger partial charge >= 0.3 is 0 Å². The number of benzene rings is 7. The summed E-state index contributed by atoms with van der Waals surface area (Å²) in [6, 6.07) is 60.0. The molecule has 1 aliphatic rings. The van der Waals surface area contributed by atoms with Crippen molar-refractivity contribution in [2.24, 2.45) is 5.92 Å². The van der Waals surface area contributed by atoms with Crippen LogP contribution in [0.3, 0.4) is 0 Å². The maximum absolute atomic E-state index is 5.39. The van der Waals surface area contributed by atoms with Crippen LogP contribution < -0.4 is 0 Å². The lowest BCUT2D eigenvalue weighted by molar-refractivity contribution is 0.759. The SMILES string of the molecule is CC1CC=C(c2nc(-c3ccccc3)nc(-n3c4cc(-c5ccccc5)ccc4c4c5ccccc5c(-c5ccccc5)cc43)n2)C=C1c1ccccc1. The quantitative estimate of drug-likeness (QED) is 0.174. The minimum atomic E-state index is 0.379. The topological polar surface area (TPSA) is 43.6 Å². The van der Waals surface area contributed by atoms with Gasteiger partial charge in [-0.05, 0) is 74.7 Å². The van der Waals surface area contributed by atoms with Gasteiger partial charge in [0, 0.05) is 21.9 Å². The fourth-order valence-electron chi connectivity index (χ4n) is 8.02. The van der Waals surface area contributed by atoms with Gasteiger partial charge in [0.05, 0.1) is 11.0 Å². The monoisotopic (exact) mass is 692 g/mol. The molecule has 0 N–H and O–H groups in total. The number of hydrogen-bond acceptors (Lipinski definition) is 3. The van der Waals surface area contributed by atoms with Crippen molar-refractivity contribution >= 4 is 43.7 Å². The van der Waals surface area contributed by atoms with Crippen LogP contribution in [0.1, 0.15) is 24.7 Å². The van der Waals surface area contributed by atoms with Gasteiger partial charge in [-0.2, -0.15) is 9.97 Å². The van der Waals surface area contributed by atoms with Gasteiger partial charge in [0.25, 0.3) is 0 Å². The Morgan fingerprint density at radius 1 is 0.481 bits per heavy atom. The highest BCUT2D eigenvalue weighted by atomic mass is 15.2. The number of aromatic nitrogens is 4. The third kappa shape index (κ3) is 5.51. The van der Waals surface area contributed by atoms with E-state index >= 15 is 0 Å². The van der Waals surface area contributed by atoms with E-state index in [0.717, 1.165) is 45.1 Å². The maximum atomic E-state index is 5.39. The average Bonchev–Trinajstić information content (AvgIpc) is 3.58. The van der Waals surface area contributed by atoms with Crippen LogP contribution in [0.5, 0.6) is 0 Å². The summed E-state index contributed by atoms with van der Waals surface area (Å²) in [5.41, 5.74) is 11.2. The van der Waals surface area contributed by atoms with Crippen molar-refractivity contribution in [2.75, 3.05) is 0 Å². The molecule has 0 fully saturated rings. The van der Waals surface area contributed by atoms with Crippen molar-refractivity contribution in [3.05, 3.63) is 193 Å². The number of nitrogens with zero attached hydrogens (tertiary/aromatic N) is 4. The number of rotatable bonds is 6. The molecule has 2 aromatic heterocycles. The van der Waals surface area contributed by atoms with Crippen LogP contribution in [0.25, 0.3) is 83.3 Å². The average molecular weight is 693 g/mol. The molecule has 0 bridgehead atoms. The first kappa shape index (κ1) is 31.8. The van der Waals surface area contributed by atoms with E-state index in [0.29, 0.717) is 23.5 Å². The van der Waals surface area contributed by atoms with Crippen molar-refractivity contribution in [3.8, 4) is 39.6 Å². The highest BCUT2D eigenvalue weighted by Crippen LogP contribution is 2.42. The zero-order valence-corrected chi connectivity index (χ0v) is 29.9. The normalized spacial score (nSPS) is 14.4. The van der Waals surface area contributed by atoms with Crippen molar-refractivity contribution in [1.82, 2.24) is 19.5 Å². The molecule has 54 heavy (non-hydrogen) atoms. The number of hydrogen-bond donors (Lipinski definition) is 0. The molecule has 0 saturated carbocycles. The van der Waals surface area contributed by atoms with Gasteiger partial charge in [-0.15, -0.1) is 0 Å². The third-order valence-electron chi connectivity index (χ3n) is 10.7. The van der Waals surface area contributed by atoms with Gasteiger partial charge in [-0.25, -0.2) is 4.98 Å². The summed E-state index contributed by atoms with van der Waals surface area (Å²) in [5.74, 6) is 2.28. The lowest BCUT2D eigenvalue weighted by Gasteiger charge is -2.21. The fraction of sp³-hybridized carbons (Fsp3) is 0.0600. The third-order valence-corrected chi connectivity index (χ3v) is 10.7. The molecule has 4 heteroatoms. The van der Waals surface area contributed by atoms with Crippen molar-refractivity contribution in [1.29, 1.82) is 0 Å². The van der Waals surface area contributed by atoms with Crippen LogP contribution in [0.15, 0.2) is 182 Å². The van der Waals surface area contributed by atoms with Crippen LogP contribution in [-0.4, -0.2) is 19.5 Å². The van der Waals surface area contributed by atoms with Crippen LogP contribution in [0.2, 0.25) is 0 Å². The fourth-order valence-corrected chi connectivity index (χ4v) is 8.02. The van der Waals surface area contributed by atoms with Gasteiger partial charge in [0.1, 0.15) is 0 Å². The summed E-state index contributed by atoms with van der Waals surface area (Å²) >= 11 is 0. The standard InChI is InChI=1S/C50H36N4/c1-33-26-27-39(30-43(33)35-18-8-3-9-19-35)49-51-48(37-22-12-5-13-23-37)52-50(53-49)54-45-31-38(34-16-6-2-7-17-34)28-29-42(45)47-41-25-15-14-24-40(41)44(32-46(47)54)36-20-10-4-11-21-36/h2-25,27-33H,26H2,1H3. The maximum Gasteiger partial charge on any atom is 0.238 e. The van der Waals surface area contributed by atoms with E-state index in [1.54, 1.807) is 0 Å². The largest absolute Gasteiger partial charge is 0.278 e. The summed E-state index contributed by atoms with van der Waals surface area (Å²) in [5, 5.41) is 4.74. The Kier molecular flexibility index (Phi) is 7.80. The van der Waals surface area contributed by atoms with E-state index in [1.165, 1.54) is 38.4 Å². The molecular weight excluding hydrogens is 657 g/mol. The molecule has 9 aromatic rings. The molecule has 256 valence electrons. The second-order valence-corrected chi connectivity index (χ2v) is 14.1. The minimum absolute atomic E-state index is 0.379. The van der Waals surface area contributed by atoms with Gasteiger partial charge in [-0.3, -0.25) is 4.57 Å². The first-order valence-corrected chi connectivity index (χ1v) is 18.6. The molecule has 7 aromatic carbocycles. The summed E-state index contributed by atoms with van der Waals surface area (Å²) in [7, 11) is 0. The lowest BCUT2D eigenvalue weighted by atomic mass is 9.85. The Morgan fingerprint density at radius 2 is 1.07 bits per heavy atom. The Hall–Kier alpha value is -6.91. The highest BCUT2D eigenvalue weighted by molar-refractivity contribution is 6.24. The van der Waals surface area contributed by atoms with Crippen LogP contribution in [0, 0.1) is 5.92 Å². The number of fused-ring (bicyclic) bond motifs is 5. The predicted molar refractivity (Wildman–Crippen MR) is 224 cm³/mol. The van der Waals surface area contributed by atoms with E-state index in [1.807, 2.05) is 18.2 Å². The summed E-state index contributed by atoms with van der Waals surface area (Å²) in [6.45, 7) is 2.29. The summed E-state index contributed by atoms with van der Waals surface area (Å²) < 4.78 is 2.27. The first-order chi connectivity index (χ1) is 26.7. The van der Waals surface area contributed by atoms with Crippen molar-refractivity contribution < 1.29 is 0 Å². The Bertz CT molecular complexity index is 2890. The molecule has 1 unspecified atom stereocenters. The Labute approximate surface area is 314 Å². The van der Waals surface area contributed by atoms with Crippen molar-refractivity contribution in [3.63, 3.8) is 0 Å². The van der Waals surface area contributed by atoms with E-state index in [4.69, 9.17) is 15.0 Å². The molecular formula is C50H36N4. The molecule has 0 radical (unpaired) electrons. The molecule has 2 heterocycles. The second kappa shape index (κ2) is 13.3. The van der Waals surface area contributed by atoms with Gasteiger partial charge in [-0.1, -0.05) is 171 Å². The zero-order valence-electron chi connectivity index (χ0n) is 29.9. The lowest BCUT2D eigenvalue weighted by Crippen LogP contribution is -2.10. The molecule has 0 aliphatic heterocycles. The Morgan fingerprint density at radius 3 is 1.78 bits per heavy atom. The van der Waals surface area contributed by atoms with Crippen LogP contribution in [0.4, 0.5) is 0 Å². The molecule has 0 saturated heterocycles. The predicted octanol–water partition coefficient (Wildman–Crippen LogP) is 12.6. The molecule has 0 spiro atoms. The Balaban J connectivity index is 1.30. The molecule has 1 atom stereocenters. The molecule has 10 rings (SSSR count). The summed E-state index contributed by atoms with van der Waals surface area (Å²) in [6.07, 6.45) is 5.46. The molecule has 1 aliphatic carbocycles. The van der Waals surface area contributed by atoms with E-state index < -0.39 is 0 Å².